The summed E-state index contributed by atoms with van der Waals surface area (Å²) < 4.78 is 0. The van der Waals surface area contributed by atoms with Crippen molar-refractivity contribution in [2.24, 2.45) is 0 Å². The molecule has 0 aromatic carbocycles. The van der Waals surface area contributed by atoms with Gasteiger partial charge in [-0.25, -0.2) is 0 Å². The Morgan fingerprint density at radius 2 is 1.76 bits per heavy atom. The Kier molecular flexibility index (Phi) is 5.73. The zero-order valence-corrected chi connectivity index (χ0v) is 10.3. The molecule has 2 fully saturated rings. The monoisotopic (exact) mass is 262 g/mol. The van der Waals surface area contributed by atoms with Crippen LogP contribution in [0.15, 0.2) is 0 Å². The van der Waals surface area contributed by atoms with Gasteiger partial charge in [-0.2, -0.15) is 12.6 Å². The third-order valence-corrected chi connectivity index (χ3v) is 3.16. The molecule has 7 heteroatoms. The van der Waals surface area contributed by atoms with Crippen molar-refractivity contribution < 1.29 is 19.8 Å². The summed E-state index contributed by atoms with van der Waals surface area (Å²) in [6.45, 7) is 1.57. The summed E-state index contributed by atoms with van der Waals surface area (Å²) in [7, 11) is 0. The zero-order valence-electron chi connectivity index (χ0n) is 9.43. The van der Waals surface area contributed by atoms with Gasteiger partial charge in [-0.15, -0.1) is 0 Å². The van der Waals surface area contributed by atoms with Gasteiger partial charge in [0.1, 0.15) is 12.1 Å². The quantitative estimate of drug-likeness (QED) is 0.433. The summed E-state index contributed by atoms with van der Waals surface area (Å²) in [6.07, 6.45) is 2.42. The van der Waals surface area contributed by atoms with Crippen LogP contribution in [0.25, 0.3) is 0 Å². The molecule has 4 N–H and O–H groups in total. The predicted octanol–water partition coefficient (Wildman–Crippen LogP) is -0.446. The van der Waals surface area contributed by atoms with E-state index in [-0.39, 0.29) is 17.3 Å². The standard InChI is InChI=1S/C5H9NO2S.C5H9NO2/c7-5(8)4-1-3(9)2-6-4;7-5(8)4-2-1-3-6-4/h3-4,6,9H,1-2H2,(H,7,8);4,6H,1-3H2,(H,7,8)/t3?,4-;4-/m00/s1. The molecule has 2 rings (SSSR count). The summed E-state index contributed by atoms with van der Waals surface area (Å²) in [5.74, 6) is -1.49. The lowest BCUT2D eigenvalue weighted by Gasteiger charge is -1.99. The lowest BCUT2D eigenvalue weighted by Crippen LogP contribution is -2.29. The first kappa shape index (κ1) is 14.3. The smallest absolute Gasteiger partial charge is 0.320 e. The molecule has 2 aliphatic heterocycles. The van der Waals surface area contributed by atoms with E-state index < -0.39 is 11.9 Å². The molecule has 0 saturated carbocycles. The van der Waals surface area contributed by atoms with Crippen LogP contribution < -0.4 is 10.6 Å². The molecule has 0 spiro atoms. The largest absolute Gasteiger partial charge is 0.480 e. The van der Waals surface area contributed by atoms with Crippen LogP contribution in [-0.2, 0) is 9.59 Å². The number of thiol groups is 1. The highest BCUT2D eigenvalue weighted by Gasteiger charge is 2.26. The Morgan fingerprint density at radius 3 is 2.00 bits per heavy atom. The molecule has 2 aliphatic rings. The molecule has 1 unspecified atom stereocenters. The fraction of sp³-hybridized carbons (Fsp3) is 0.800. The maximum absolute atomic E-state index is 10.3. The Bertz CT molecular complexity index is 281. The lowest BCUT2D eigenvalue weighted by atomic mass is 10.2. The number of carbonyl (C=O) groups is 2. The third-order valence-electron chi connectivity index (χ3n) is 2.76. The third kappa shape index (κ3) is 4.93. The Labute approximate surface area is 105 Å². The van der Waals surface area contributed by atoms with Gasteiger partial charge in [0.15, 0.2) is 0 Å². The van der Waals surface area contributed by atoms with Crippen molar-refractivity contribution in [2.75, 3.05) is 13.1 Å². The van der Waals surface area contributed by atoms with Gasteiger partial charge in [-0.05, 0) is 25.8 Å². The number of carboxylic acids is 2. The van der Waals surface area contributed by atoms with Crippen LogP contribution in [0.4, 0.5) is 0 Å². The van der Waals surface area contributed by atoms with E-state index in [9.17, 15) is 9.59 Å². The lowest BCUT2D eigenvalue weighted by molar-refractivity contribution is -0.140. The van der Waals surface area contributed by atoms with Crippen molar-refractivity contribution in [3.05, 3.63) is 0 Å². The van der Waals surface area contributed by atoms with Crippen LogP contribution in [0, 0.1) is 0 Å². The molecule has 2 heterocycles. The summed E-state index contributed by atoms with van der Waals surface area (Å²) in [5, 5.41) is 22.7. The first-order valence-electron chi connectivity index (χ1n) is 5.61. The fourth-order valence-electron chi connectivity index (χ4n) is 1.80. The van der Waals surface area contributed by atoms with E-state index in [1.54, 1.807) is 0 Å². The van der Waals surface area contributed by atoms with Gasteiger partial charge in [0.05, 0.1) is 0 Å². The average Bonchev–Trinajstić information content (AvgIpc) is 2.87. The van der Waals surface area contributed by atoms with Crippen LogP contribution in [0.1, 0.15) is 19.3 Å². The zero-order chi connectivity index (χ0) is 12.8. The van der Waals surface area contributed by atoms with Crippen LogP contribution in [0.3, 0.4) is 0 Å². The van der Waals surface area contributed by atoms with Crippen molar-refractivity contribution in [1.82, 2.24) is 10.6 Å². The van der Waals surface area contributed by atoms with Gasteiger partial charge in [0.25, 0.3) is 0 Å². The van der Waals surface area contributed by atoms with E-state index in [1.165, 1.54) is 0 Å². The minimum Gasteiger partial charge on any atom is -0.480 e. The van der Waals surface area contributed by atoms with E-state index in [0.29, 0.717) is 13.0 Å². The highest BCUT2D eigenvalue weighted by molar-refractivity contribution is 7.81. The van der Waals surface area contributed by atoms with E-state index in [0.717, 1.165) is 19.4 Å². The normalized spacial score (nSPS) is 31.7. The molecule has 6 nitrogen and oxygen atoms in total. The maximum atomic E-state index is 10.3. The molecular weight excluding hydrogens is 244 g/mol. The molecule has 2 saturated heterocycles. The topological polar surface area (TPSA) is 98.7 Å². The van der Waals surface area contributed by atoms with Crippen molar-refractivity contribution >= 4 is 24.6 Å². The van der Waals surface area contributed by atoms with Crippen LogP contribution in [0.2, 0.25) is 0 Å². The van der Waals surface area contributed by atoms with Gasteiger partial charge in [-0.3, -0.25) is 9.59 Å². The molecule has 17 heavy (non-hydrogen) atoms. The van der Waals surface area contributed by atoms with Crippen molar-refractivity contribution in [3.8, 4) is 0 Å². The first-order chi connectivity index (χ1) is 8.00. The predicted molar refractivity (Wildman–Crippen MR) is 65.5 cm³/mol. The molecule has 0 aromatic rings. The molecule has 0 aliphatic carbocycles. The van der Waals surface area contributed by atoms with Crippen molar-refractivity contribution in [2.45, 2.75) is 36.6 Å². The number of carboxylic acid groups (broad SMARTS) is 2. The van der Waals surface area contributed by atoms with Crippen LogP contribution in [-0.4, -0.2) is 52.6 Å². The maximum Gasteiger partial charge on any atom is 0.320 e. The van der Waals surface area contributed by atoms with Gasteiger partial charge in [0.2, 0.25) is 0 Å². The second-order valence-electron chi connectivity index (χ2n) is 4.18. The van der Waals surface area contributed by atoms with E-state index in [2.05, 4.69) is 23.3 Å². The highest BCUT2D eigenvalue weighted by Crippen LogP contribution is 2.11. The highest BCUT2D eigenvalue weighted by atomic mass is 32.1. The minimum atomic E-state index is -0.772. The molecule has 0 radical (unpaired) electrons. The Hall–Kier alpha value is -0.790. The fourth-order valence-corrected chi connectivity index (χ4v) is 2.12. The SMILES string of the molecule is O=C(O)[C@@H]1CC(S)CN1.O=C(O)[C@@H]1CCCN1. The average molecular weight is 262 g/mol. The number of rotatable bonds is 2. The van der Waals surface area contributed by atoms with Crippen molar-refractivity contribution in [1.29, 1.82) is 0 Å². The van der Waals surface area contributed by atoms with E-state index in [4.69, 9.17) is 10.2 Å². The minimum absolute atomic E-state index is 0.214. The second-order valence-corrected chi connectivity index (χ2v) is 4.91. The summed E-state index contributed by atoms with van der Waals surface area (Å²) in [5.41, 5.74) is 0. The molecule has 98 valence electrons. The number of nitrogens with one attached hydrogen (secondary N) is 2. The second kappa shape index (κ2) is 6.83. The molecule has 3 atom stereocenters. The van der Waals surface area contributed by atoms with Gasteiger partial charge in [-0.1, -0.05) is 0 Å². The first-order valence-corrected chi connectivity index (χ1v) is 6.12. The Morgan fingerprint density at radius 1 is 1.12 bits per heavy atom. The summed E-state index contributed by atoms with van der Waals surface area (Å²) in [4.78, 5) is 20.4. The molecule has 0 aromatic heterocycles. The van der Waals surface area contributed by atoms with E-state index in [1.807, 2.05) is 0 Å². The molecular formula is C10H18N2O4S. The van der Waals surface area contributed by atoms with Crippen LogP contribution in [0.5, 0.6) is 0 Å². The Balaban J connectivity index is 0.000000171. The van der Waals surface area contributed by atoms with Gasteiger partial charge < -0.3 is 20.8 Å². The number of hydrogen-bond donors (Lipinski definition) is 5. The molecule has 0 bridgehead atoms. The number of hydrogen-bond acceptors (Lipinski definition) is 5. The number of aliphatic carboxylic acids is 2. The van der Waals surface area contributed by atoms with Gasteiger partial charge in [0, 0.05) is 11.8 Å². The van der Waals surface area contributed by atoms with Crippen LogP contribution >= 0.6 is 12.6 Å². The summed E-state index contributed by atoms with van der Waals surface area (Å²) >= 11 is 4.12. The van der Waals surface area contributed by atoms with Crippen molar-refractivity contribution in [3.63, 3.8) is 0 Å². The van der Waals surface area contributed by atoms with E-state index >= 15 is 0 Å². The summed E-state index contributed by atoms with van der Waals surface area (Å²) in [6, 6.07) is -0.637. The van der Waals surface area contributed by atoms with Gasteiger partial charge >= 0.3 is 11.9 Å². The molecule has 0 amide bonds.